The molecule has 5 heteroatoms. The molecular formula is C23H37N3O2. The Kier molecular flexibility index (Phi) is 12.6. The maximum absolute atomic E-state index is 12.1. The van der Waals surface area contributed by atoms with E-state index in [0.29, 0.717) is 6.54 Å². The molecule has 0 bridgehead atoms. The zero-order valence-corrected chi connectivity index (χ0v) is 17.5. The van der Waals surface area contributed by atoms with Gasteiger partial charge in [0.15, 0.2) is 0 Å². The minimum atomic E-state index is -0.342. The third-order valence-corrected chi connectivity index (χ3v) is 5.06. The molecule has 0 aliphatic rings. The van der Waals surface area contributed by atoms with E-state index in [-0.39, 0.29) is 23.8 Å². The zero-order chi connectivity index (χ0) is 20.6. The zero-order valence-electron chi connectivity index (χ0n) is 17.5. The smallest absolute Gasteiger partial charge is 0.340 e. The highest BCUT2D eigenvalue weighted by Crippen LogP contribution is 2.23. The van der Waals surface area contributed by atoms with Crippen LogP contribution in [0.4, 0.5) is 4.79 Å². The van der Waals surface area contributed by atoms with Crippen LogP contribution in [-0.4, -0.2) is 24.7 Å². The van der Waals surface area contributed by atoms with Crippen LogP contribution in [0.3, 0.4) is 0 Å². The number of amides is 3. The fourth-order valence-electron chi connectivity index (χ4n) is 3.36. The van der Waals surface area contributed by atoms with Crippen LogP contribution in [-0.2, 0) is 4.79 Å². The maximum Gasteiger partial charge on any atom is 0.340 e. The lowest BCUT2D eigenvalue weighted by atomic mass is 9.86. The second-order valence-electron chi connectivity index (χ2n) is 7.55. The first kappa shape index (κ1) is 23.9. The Balaban J connectivity index is 2.57. The van der Waals surface area contributed by atoms with E-state index < -0.39 is 0 Å². The van der Waals surface area contributed by atoms with Crippen LogP contribution in [0, 0.1) is 11.8 Å². The van der Waals surface area contributed by atoms with Crippen molar-refractivity contribution in [2.75, 3.05) is 6.54 Å². The van der Waals surface area contributed by atoms with E-state index >= 15 is 0 Å². The predicted molar refractivity (Wildman–Crippen MR) is 117 cm³/mol. The van der Waals surface area contributed by atoms with Gasteiger partial charge in [0.05, 0.1) is 0 Å². The summed E-state index contributed by atoms with van der Waals surface area (Å²) in [6.07, 6.45) is 10.8. The van der Waals surface area contributed by atoms with E-state index in [1.165, 1.54) is 0 Å². The van der Waals surface area contributed by atoms with Gasteiger partial charge in [-0.1, -0.05) is 82.7 Å². The van der Waals surface area contributed by atoms with Crippen molar-refractivity contribution in [2.45, 2.75) is 71.6 Å². The van der Waals surface area contributed by atoms with Crippen LogP contribution in [0.15, 0.2) is 35.3 Å². The van der Waals surface area contributed by atoms with Crippen molar-refractivity contribution in [2.24, 2.45) is 22.6 Å². The molecule has 1 unspecified atom stereocenters. The SMILES string of the molecule is CCCCCC(C[C@H](CCCCC)CNC(=O)/N=C/c1ccccc1)C(N)=O. The van der Waals surface area contributed by atoms with Crippen LogP contribution in [0.5, 0.6) is 0 Å². The Hall–Kier alpha value is -2.17. The van der Waals surface area contributed by atoms with E-state index in [1.54, 1.807) is 6.21 Å². The molecule has 1 aromatic carbocycles. The van der Waals surface area contributed by atoms with Crippen LogP contribution < -0.4 is 11.1 Å². The minimum absolute atomic E-state index is 0.108. The topological polar surface area (TPSA) is 84.6 Å². The highest BCUT2D eigenvalue weighted by Gasteiger charge is 2.21. The molecule has 28 heavy (non-hydrogen) atoms. The van der Waals surface area contributed by atoms with Crippen molar-refractivity contribution in [3.8, 4) is 0 Å². The molecular weight excluding hydrogens is 350 g/mol. The largest absolute Gasteiger partial charge is 0.369 e. The number of carbonyl (C=O) groups excluding carboxylic acids is 2. The summed E-state index contributed by atoms with van der Waals surface area (Å²) in [5, 5.41) is 2.90. The number of benzene rings is 1. The summed E-state index contributed by atoms with van der Waals surface area (Å²) < 4.78 is 0. The first-order valence-corrected chi connectivity index (χ1v) is 10.7. The molecule has 1 rings (SSSR count). The number of carbonyl (C=O) groups is 2. The molecule has 0 heterocycles. The molecule has 5 nitrogen and oxygen atoms in total. The van der Waals surface area contributed by atoms with E-state index in [9.17, 15) is 9.59 Å². The second kappa shape index (κ2) is 14.8. The highest BCUT2D eigenvalue weighted by molar-refractivity contribution is 5.90. The van der Waals surface area contributed by atoms with Crippen LogP contribution >= 0.6 is 0 Å². The summed E-state index contributed by atoms with van der Waals surface area (Å²) in [6.45, 7) is 4.86. The Morgan fingerprint density at radius 1 is 1.04 bits per heavy atom. The van der Waals surface area contributed by atoms with Crippen molar-refractivity contribution >= 4 is 18.2 Å². The molecule has 0 aromatic heterocycles. The van der Waals surface area contributed by atoms with Gasteiger partial charge >= 0.3 is 6.03 Å². The van der Waals surface area contributed by atoms with Gasteiger partial charge in [0.1, 0.15) is 0 Å². The van der Waals surface area contributed by atoms with Gasteiger partial charge in [-0.3, -0.25) is 4.79 Å². The standard InChI is InChI=1S/C23H37N3O2/c1-3-5-8-14-20(16-21(22(24)27)15-9-6-4-2)18-26-23(28)25-17-19-12-10-7-11-13-19/h7,10-13,17,20-21H,3-6,8-9,14-16,18H2,1-2H3,(H2,24,27)(H,26,28)/b25-17+/t20-,21?/m0/s1. The third kappa shape index (κ3) is 10.9. The maximum atomic E-state index is 12.1. The summed E-state index contributed by atoms with van der Waals surface area (Å²) in [4.78, 5) is 27.9. The molecule has 3 N–H and O–H groups in total. The lowest BCUT2D eigenvalue weighted by Gasteiger charge is -2.22. The summed E-state index contributed by atoms with van der Waals surface area (Å²) >= 11 is 0. The van der Waals surface area contributed by atoms with Gasteiger partial charge in [0.25, 0.3) is 0 Å². The van der Waals surface area contributed by atoms with Gasteiger partial charge in [-0.25, -0.2) is 9.79 Å². The Morgan fingerprint density at radius 3 is 2.29 bits per heavy atom. The molecule has 0 aliphatic heterocycles. The predicted octanol–water partition coefficient (Wildman–Crippen LogP) is 5.08. The van der Waals surface area contributed by atoms with Crippen LogP contribution in [0.2, 0.25) is 0 Å². The average molecular weight is 388 g/mol. The number of nitrogens with two attached hydrogens (primary N) is 1. The van der Waals surface area contributed by atoms with Gasteiger partial charge < -0.3 is 11.1 Å². The first-order chi connectivity index (χ1) is 13.6. The number of aliphatic imine (C=N–C) groups is 1. The number of nitrogens with one attached hydrogen (secondary N) is 1. The summed E-state index contributed by atoms with van der Waals surface area (Å²) in [5.74, 6) is -0.0746. The van der Waals surface area contributed by atoms with Crippen molar-refractivity contribution in [1.82, 2.24) is 5.32 Å². The number of urea groups is 1. The van der Waals surface area contributed by atoms with Gasteiger partial charge in [-0.15, -0.1) is 0 Å². The molecule has 0 saturated heterocycles. The lowest BCUT2D eigenvalue weighted by Crippen LogP contribution is -2.31. The van der Waals surface area contributed by atoms with E-state index in [2.05, 4.69) is 24.2 Å². The van der Waals surface area contributed by atoms with E-state index in [1.807, 2.05) is 30.3 Å². The number of primary amides is 1. The van der Waals surface area contributed by atoms with Gasteiger partial charge in [0, 0.05) is 18.7 Å². The number of hydrogen-bond acceptors (Lipinski definition) is 2. The molecule has 3 amide bonds. The number of rotatable bonds is 14. The van der Waals surface area contributed by atoms with Crippen molar-refractivity contribution < 1.29 is 9.59 Å². The fourth-order valence-corrected chi connectivity index (χ4v) is 3.36. The molecule has 0 spiro atoms. The second-order valence-corrected chi connectivity index (χ2v) is 7.55. The molecule has 156 valence electrons. The van der Waals surface area contributed by atoms with Gasteiger partial charge in [-0.2, -0.15) is 0 Å². The molecule has 2 atom stereocenters. The number of unbranched alkanes of at least 4 members (excludes halogenated alkanes) is 4. The Morgan fingerprint density at radius 2 is 1.68 bits per heavy atom. The Labute approximate surface area is 170 Å². The van der Waals surface area contributed by atoms with Crippen molar-refractivity contribution in [1.29, 1.82) is 0 Å². The number of nitrogens with zero attached hydrogens (tertiary/aromatic N) is 1. The molecule has 0 fully saturated rings. The molecule has 0 aliphatic carbocycles. The van der Waals surface area contributed by atoms with Crippen LogP contribution in [0.1, 0.15) is 77.2 Å². The van der Waals surface area contributed by atoms with E-state index in [0.717, 1.165) is 63.4 Å². The van der Waals surface area contributed by atoms with Crippen LogP contribution in [0.25, 0.3) is 0 Å². The fraction of sp³-hybridized carbons (Fsp3) is 0.609. The molecule has 0 radical (unpaired) electrons. The third-order valence-electron chi connectivity index (χ3n) is 5.06. The molecule has 0 saturated carbocycles. The first-order valence-electron chi connectivity index (χ1n) is 10.7. The average Bonchev–Trinajstić information content (AvgIpc) is 2.70. The molecule has 1 aromatic rings. The summed E-state index contributed by atoms with van der Waals surface area (Å²) in [5.41, 5.74) is 6.53. The van der Waals surface area contributed by atoms with Gasteiger partial charge in [-0.05, 0) is 30.7 Å². The quantitative estimate of drug-likeness (QED) is 0.344. The summed E-state index contributed by atoms with van der Waals surface area (Å²) in [7, 11) is 0. The van der Waals surface area contributed by atoms with E-state index in [4.69, 9.17) is 5.73 Å². The highest BCUT2D eigenvalue weighted by atomic mass is 16.2. The lowest BCUT2D eigenvalue weighted by molar-refractivity contribution is -0.122. The van der Waals surface area contributed by atoms with Crippen molar-refractivity contribution in [3.63, 3.8) is 0 Å². The normalized spacial score (nSPS) is 13.4. The van der Waals surface area contributed by atoms with Gasteiger partial charge in [0.2, 0.25) is 5.91 Å². The number of hydrogen-bond donors (Lipinski definition) is 2. The van der Waals surface area contributed by atoms with Crippen molar-refractivity contribution in [3.05, 3.63) is 35.9 Å². The monoisotopic (exact) mass is 387 g/mol. The minimum Gasteiger partial charge on any atom is -0.369 e. The summed E-state index contributed by atoms with van der Waals surface area (Å²) in [6, 6.07) is 9.20. The Bertz CT molecular complexity index is 587.